The Kier molecular flexibility index (Phi) is 4.76. The van der Waals surface area contributed by atoms with Crippen LogP contribution in [-0.2, 0) is 4.79 Å². The van der Waals surface area contributed by atoms with Crippen LogP contribution in [0.15, 0.2) is 0 Å². The second-order valence-electron chi connectivity index (χ2n) is 4.77. The number of carbonyl (C=O) groups is 1. The van der Waals surface area contributed by atoms with Gasteiger partial charge in [0.25, 0.3) is 0 Å². The van der Waals surface area contributed by atoms with Crippen molar-refractivity contribution in [2.24, 2.45) is 11.1 Å². The average molecular weight is 211 g/mol. The van der Waals surface area contributed by atoms with E-state index in [0.717, 1.165) is 0 Å². The number of hydrogen-bond acceptors (Lipinski definition) is 3. The molecule has 2 N–H and O–H groups in total. The fourth-order valence-corrected chi connectivity index (χ4v) is 1.24. The second-order valence-corrected chi connectivity index (χ2v) is 4.77. The van der Waals surface area contributed by atoms with Gasteiger partial charge in [-0.15, -0.1) is 0 Å². The Bertz CT molecular complexity index is 262. The summed E-state index contributed by atoms with van der Waals surface area (Å²) < 4.78 is 0. The summed E-state index contributed by atoms with van der Waals surface area (Å²) in [5.41, 5.74) is 5.58. The largest absolute Gasteiger partial charge is 0.326 e. The molecule has 2 atom stereocenters. The van der Waals surface area contributed by atoms with Gasteiger partial charge >= 0.3 is 0 Å². The Hall–Kier alpha value is -1.08. The van der Waals surface area contributed by atoms with E-state index in [1.54, 1.807) is 6.92 Å². The molecule has 1 amide bonds. The fourth-order valence-electron chi connectivity index (χ4n) is 1.24. The first kappa shape index (κ1) is 13.9. The third-order valence-corrected chi connectivity index (χ3v) is 2.48. The molecule has 0 aliphatic rings. The van der Waals surface area contributed by atoms with Gasteiger partial charge in [0.2, 0.25) is 5.91 Å². The molecule has 0 rings (SSSR count). The van der Waals surface area contributed by atoms with Gasteiger partial charge in [-0.25, -0.2) is 0 Å². The summed E-state index contributed by atoms with van der Waals surface area (Å²) in [6.45, 7) is 9.82. The van der Waals surface area contributed by atoms with Gasteiger partial charge in [-0.1, -0.05) is 20.8 Å². The summed E-state index contributed by atoms with van der Waals surface area (Å²) >= 11 is 0. The van der Waals surface area contributed by atoms with Crippen molar-refractivity contribution in [1.29, 1.82) is 5.26 Å². The molecule has 4 nitrogen and oxygen atoms in total. The summed E-state index contributed by atoms with van der Waals surface area (Å²) in [5, 5.41) is 8.79. The van der Waals surface area contributed by atoms with Crippen molar-refractivity contribution in [2.75, 3.05) is 6.54 Å². The van der Waals surface area contributed by atoms with Gasteiger partial charge in [-0.3, -0.25) is 4.79 Å². The van der Waals surface area contributed by atoms with Gasteiger partial charge in [0.05, 0.1) is 12.1 Å². The summed E-state index contributed by atoms with van der Waals surface area (Å²) in [7, 11) is 0. The Morgan fingerprint density at radius 3 is 2.27 bits per heavy atom. The number of rotatable bonds is 3. The third kappa shape index (κ3) is 3.52. The van der Waals surface area contributed by atoms with Crippen molar-refractivity contribution in [3.63, 3.8) is 0 Å². The summed E-state index contributed by atoms with van der Waals surface area (Å²) in [4.78, 5) is 13.5. The first-order valence-electron chi connectivity index (χ1n) is 5.21. The minimum absolute atomic E-state index is 0.154. The molecule has 0 spiro atoms. The van der Waals surface area contributed by atoms with Crippen molar-refractivity contribution in [1.82, 2.24) is 4.90 Å². The summed E-state index contributed by atoms with van der Waals surface area (Å²) in [5.74, 6) is -0.154. The molecule has 0 aromatic carbocycles. The lowest BCUT2D eigenvalue weighted by molar-refractivity contribution is -0.135. The van der Waals surface area contributed by atoms with E-state index in [1.165, 1.54) is 4.90 Å². The first-order chi connectivity index (χ1) is 6.75. The van der Waals surface area contributed by atoms with E-state index in [9.17, 15) is 4.79 Å². The highest BCUT2D eigenvalue weighted by Crippen LogP contribution is 2.19. The Morgan fingerprint density at radius 2 is 2.00 bits per heavy atom. The molecule has 0 saturated carbocycles. The van der Waals surface area contributed by atoms with Gasteiger partial charge < -0.3 is 10.6 Å². The Labute approximate surface area is 92.0 Å². The molecular weight excluding hydrogens is 190 g/mol. The van der Waals surface area contributed by atoms with Crippen LogP contribution in [0, 0.1) is 16.7 Å². The maximum atomic E-state index is 12.0. The van der Waals surface area contributed by atoms with Gasteiger partial charge in [-0.2, -0.15) is 5.26 Å². The topological polar surface area (TPSA) is 70.1 Å². The molecule has 15 heavy (non-hydrogen) atoms. The normalized spacial score (nSPS) is 15.3. The maximum absolute atomic E-state index is 12.0. The smallest absolute Gasteiger partial charge is 0.241 e. The molecular formula is C11H21N3O. The number of nitrogens with zero attached hydrogens (tertiary/aromatic N) is 2. The number of amides is 1. The fraction of sp³-hybridized carbons (Fsp3) is 0.818. The van der Waals surface area contributed by atoms with E-state index < -0.39 is 12.1 Å². The minimum Gasteiger partial charge on any atom is -0.326 e. The van der Waals surface area contributed by atoms with Crippen LogP contribution in [0.3, 0.4) is 0 Å². The maximum Gasteiger partial charge on any atom is 0.241 e. The molecule has 4 heteroatoms. The molecule has 0 radical (unpaired) electrons. The highest BCUT2D eigenvalue weighted by atomic mass is 16.2. The van der Waals surface area contributed by atoms with Crippen LogP contribution in [0.25, 0.3) is 0 Å². The van der Waals surface area contributed by atoms with Crippen LogP contribution in [0.5, 0.6) is 0 Å². The Balaban J connectivity index is 4.76. The first-order valence-corrected chi connectivity index (χ1v) is 5.21. The lowest BCUT2D eigenvalue weighted by atomic mass is 9.86. The standard InChI is InChI=1S/C11H21N3O/c1-6-14(8(2)7-12)10(15)9(13)11(3,4)5/h8-9H,6,13H2,1-5H3. The number of hydrogen-bond donors (Lipinski definition) is 1. The van der Waals surface area contributed by atoms with Crippen LogP contribution >= 0.6 is 0 Å². The van der Waals surface area contributed by atoms with Crippen molar-refractivity contribution in [3.8, 4) is 6.07 Å². The molecule has 0 saturated heterocycles. The van der Waals surface area contributed by atoms with Gasteiger partial charge in [0.1, 0.15) is 6.04 Å². The van der Waals surface area contributed by atoms with Crippen molar-refractivity contribution in [2.45, 2.75) is 46.7 Å². The van der Waals surface area contributed by atoms with Crippen LogP contribution in [-0.4, -0.2) is 29.4 Å². The van der Waals surface area contributed by atoms with E-state index in [2.05, 4.69) is 6.07 Å². The zero-order valence-electron chi connectivity index (χ0n) is 10.2. The number of nitrogens with two attached hydrogens (primary N) is 1. The molecule has 0 aliphatic heterocycles. The van der Waals surface area contributed by atoms with Crippen molar-refractivity contribution >= 4 is 5.91 Å². The van der Waals surface area contributed by atoms with E-state index in [-0.39, 0.29) is 11.3 Å². The third-order valence-electron chi connectivity index (χ3n) is 2.48. The van der Waals surface area contributed by atoms with Gasteiger partial charge in [0.15, 0.2) is 0 Å². The SMILES string of the molecule is CCN(C(=O)C(N)C(C)(C)C)C(C)C#N. The zero-order chi connectivity index (χ0) is 12.2. The van der Waals surface area contributed by atoms with Gasteiger partial charge in [0, 0.05) is 6.54 Å². The summed E-state index contributed by atoms with van der Waals surface area (Å²) in [6.07, 6.45) is 0. The highest BCUT2D eigenvalue weighted by Gasteiger charge is 2.32. The molecule has 0 fully saturated rings. The van der Waals surface area contributed by atoms with E-state index in [0.29, 0.717) is 6.54 Å². The van der Waals surface area contributed by atoms with Crippen LogP contribution < -0.4 is 5.73 Å². The summed E-state index contributed by atoms with van der Waals surface area (Å²) in [6, 6.07) is 1.07. The second kappa shape index (κ2) is 5.13. The minimum atomic E-state index is -0.562. The molecule has 0 bridgehead atoms. The predicted octanol–water partition coefficient (Wildman–Crippen LogP) is 1.12. The van der Waals surface area contributed by atoms with Gasteiger partial charge in [-0.05, 0) is 19.3 Å². The molecule has 2 unspecified atom stereocenters. The monoisotopic (exact) mass is 211 g/mol. The molecule has 0 heterocycles. The van der Waals surface area contributed by atoms with Crippen LogP contribution in [0.4, 0.5) is 0 Å². The molecule has 0 aromatic rings. The van der Waals surface area contributed by atoms with Crippen molar-refractivity contribution < 1.29 is 4.79 Å². The predicted molar refractivity (Wildman–Crippen MR) is 59.9 cm³/mol. The van der Waals surface area contributed by atoms with E-state index in [4.69, 9.17) is 11.0 Å². The van der Waals surface area contributed by atoms with E-state index in [1.807, 2.05) is 27.7 Å². The quantitative estimate of drug-likeness (QED) is 0.760. The van der Waals surface area contributed by atoms with E-state index >= 15 is 0 Å². The number of likely N-dealkylation sites (N-methyl/N-ethyl adjacent to an activating group) is 1. The molecule has 0 aromatic heterocycles. The van der Waals surface area contributed by atoms with Crippen molar-refractivity contribution in [3.05, 3.63) is 0 Å². The Morgan fingerprint density at radius 1 is 1.53 bits per heavy atom. The number of carbonyl (C=O) groups excluding carboxylic acids is 1. The zero-order valence-corrected chi connectivity index (χ0v) is 10.2. The molecule has 0 aliphatic carbocycles. The average Bonchev–Trinajstić information content (AvgIpc) is 2.15. The van der Waals surface area contributed by atoms with Crippen LogP contribution in [0.1, 0.15) is 34.6 Å². The number of nitriles is 1. The lowest BCUT2D eigenvalue weighted by Gasteiger charge is -2.32. The van der Waals surface area contributed by atoms with Crippen LogP contribution in [0.2, 0.25) is 0 Å². The highest BCUT2D eigenvalue weighted by molar-refractivity contribution is 5.83. The molecule has 86 valence electrons. The lowest BCUT2D eigenvalue weighted by Crippen LogP contribution is -2.52.